The molecule has 0 amide bonds. The van der Waals surface area contributed by atoms with E-state index in [9.17, 15) is 0 Å². The minimum atomic E-state index is 0.358. The molecule has 4 heteroatoms. The van der Waals surface area contributed by atoms with Gasteiger partial charge in [0.05, 0.1) is 11.7 Å². The Hall–Kier alpha value is -0.870. The van der Waals surface area contributed by atoms with Crippen LogP contribution < -0.4 is 5.73 Å². The summed E-state index contributed by atoms with van der Waals surface area (Å²) in [5, 5.41) is 4.67. The lowest BCUT2D eigenvalue weighted by molar-refractivity contribution is 0.318. The van der Waals surface area contributed by atoms with E-state index in [1.165, 1.54) is 5.69 Å². The van der Waals surface area contributed by atoms with E-state index in [1.54, 1.807) is 0 Å². The molecule has 0 bridgehead atoms. The van der Waals surface area contributed by atoms with Crippen LogP contribution in [-0.4, -0.2) is 33.8 Å². The third kappa shape index (κ3) is 3.07. The molecule has 17 heavy (non-hydrogen) atoms. The molecule has 2 rings (SSSR count). The molecule has 2 N–H and O–H groups in total. The van der Waals surface area contributed by atoms with Crippen molar-refractivity contribution in [2.24, 2.45) is 5.73 Å². The van der Waals surface area contributed by atoms with Gasteiger partial charge in [0.25, 0.3) is 0 Å². The fraction of sp³-hybridized carbons (Fsp3) is 0.769. The summed E-state index contributed by atoms with van der Waals surface area (Å²) in [6, 6.07) is 3.04. The van der Waals surface area contributed by atoms with Crippen LogP contribution in [0.2, 0.25) is 0 Å². The molecule has 1 aliphatic rings. The summed E-state index contributed by atoms with van der Waals surface area (Å²) in [4.78, 5) is 2.39. The molecule has 1 saturated heterocycles. The van der Waals surface area contributed by atoms with Crippen LogP contribution in [0.3, 0.4) is 0 Å². The Morgan fingerprint density at radius 1 is 1.47 bits per heavy atom. The molecule has 1 aromatic rings. The molecule has 1 aromatic heterocycles. The largest absolute Gasteiger partial charge is 0.326 e. The zero-order valence-electron chi connectivity index (χ0n) is 11.0. The summed E-state index contributed by atoms with van der Waals surface area (Å²) in [6.07, 6.45) is 5.52. The Morgan fingerprint density at radius 3 is 2.82 bits per heavy atom. The summed E-state index contributed by atoms with van der Waals surface area (Å²) >= 11 is 0. The van der Waals surface area contributed by atoms with Gasteiger partial charge in [-0.25, -0.2) is 0 Å². The van der Waals surface area contributed by atoms with Crippen molar-refractivity contribution < 1.29 is 0 Å². The standard InChI is InChI=1S/C13H24N4/c1-3-13(4-2)17-8-6-12(15-17)10-16-7-5-11(14)9-16/h6,8,11,13H,3-5,7,9-10,14H2,1-2H3. The zero-order valence-corrected chi connectivity index (χ0v) is 11.0. The lowest BCUT2D eigenvalue weighted by atomic mass is 10.2. The smallest absolute Gasteiger partial charge is 0.0764 e. The van der Waals surface area contributed by atoms with E-state index in [1.807, 2.05) is 0 Å². The SMILES string of the molecule is CCC(CC)n1ccc(CN2CCC(N)C2)n1. The maximum atomic E-state index is 5.91. The van der Waals surface area contributed by atoms with Crippen molar-refractivity contribution in [2.45, 2.75) is 51.7 Å². The monoisotopic (exact) mass is 236 g/mol. The molecule has 0 spiro atoms. The molecule has 2 heterocycles. The fourth-order valence-corrected chi connectivity index (χ4v) is 2.56. The van der Waals surface area contributed by atoms with Crippen LogP contribution in [0.4, 0.5) is 0 Å². The Balaban J connectivity index is 1.94. The predicted molar refractivity (Wildman–Crippen MR) is 69.7 cm³/mol. The molecule has 0 radical (unpaired) electrons. The number of likely N-dealkylation sites (tertiary alicyclic amines) is 1. The first kappa shape index (κ1) is 12.6. The fourth-order valence-electron chi connectivity index (χ4n) is 2.56. The second-order valence-corrected chi connectivity index (χ2v) is 5.04. The van der Waals surface area contributed by atoms with Crippen LogP contribution in [0.5, 0.6) is 0 Å². The quantitative estimate of drug-likeness (QED) is 0.847. The highest BCUT2D eigenvalue weighted by Gasteiger charge is 2.19. The van der Waals surface area contributed by atoms with Crippen molar-refractivity contribution in [3.8, 4) is 0 Å². The first-order chi connectivity index (χ1) is 8.22. The second-order valence-electron chi connectivity index (χ2n) is 5.04. The van der Waals surface area contributed by atoms with Crippen LogP contribution in [0.1, 0.15) is 44.8 Å². The molecule has 1 aliphatic heterocycles. The van der Waals surface area contributed by atoms with Gasteiger partial charge in [0.15, 0.2) is 0 Å². The molecule has 0 aromatic carbocycles. The average Bonchev–Trinajstić information content (AvgIpc) is 2.91. The van der Waals surface area contributed by atoms with Crippen molar-refractivity contribution in [2.75, 3.05) is 13.1 Å². The van der Waals surface area contributed by atoms with Crippen LogP contribution in [0, 0.1) is 0 Å². The minimum Gasteiger partial charge on any atom is -0.326 e. The van der Waals surface area contributed by atoms with Crippen molar-refractivity contribution >= 4 is 0 Å². The Bertz CT molecular complexity index is 343. The number of nitrogens with zero attached hydrogens (tertiary/aromatic N) is 3. The summed E-state index contributed by atoms with van der Waals surface area (Å²) in [6.45, 7) is 7.50. The van der Waals surface area contributed by atoms with E-state index in [2.05, 4.69) is 40.8 Å². The lowest BCUT2D eigenvalue weighted by Gasteiger charge is -2.14. The van der Waals surface area contributed by atoms with E-state index in [0.717, 1.165) is 38.9 Å². The molecule has 0 aliphatic carbocycles. The van der Waals surface area contributed by atoms with Gasteiger partial charge < -0.3 is 5.73 Å². The van der Waals surface area contributed by atoms with Gasteiger partial charge in [-0.2, -0.15) is 5.10 Å². The Morgan fingerprint density at radius 2 is 2.24 bits per heavy atom. The molecule has 4 nitrogen and oxygen atoms in total. The van der Waals surface area contributed by atoms with Gasteiger partial charge >= 0.3 is 0 Å². The van der Waals surface area contributed by atoms with E-state index < -0.39 is 0 Å². The molecule has 1 atom stereocenters. The summed E-state index contributed by atoms with van der Waals surface area (Å²) < 4.78 is 2.12. The van der Waals surface area contributed by atoms with E-state index in [4.69, 9.17) is 5.73 Å². The van der Waals surface area contributed by atoms with Crippen LogP contribution >= 0.6 is 0 Å². The third-order valence-corrected chi connectivity index (χ3v) is 3.67. The van der Waals surface area contributed by atoms with Gasteiger partial charge in [0, 0.05) is 31.9 Å². The van der Waals surface area contributed by atoms with Crippen molar-refractivity contribution in [1.29, 1.82) is 0 Å². The molecule has 1 fully saturated rings. The molecular weight excluding hydrogens is 212 g/mol. The number of aromatic nitrogens is 2. The van der Waals surface area contributed by atoms with Crippen molar-refractivity contribution in [3.05, 3.63) is 18.0 Å². The predicted octanol–water partition coefficient (Wildman–Crippen LogP) is 1.78. The lowest BCUT2D eigenvalue weighted by Crippen LogP contribution is -2.26. The second kappa shape index (κ2) is 5.65. The summed E-state index contributed by atoms with van der Waals surface area (Å²) in [5.41, 5.74) is 7.08. The highest BCUT2D eigenvalue weighted by Crippen LogP contribution is 2.16. The van der Waals surface area contributed by atoms with Gasteiger partial charge in [-0.15, -0.1) is 0 Å². The number of hydrogen-bond acceptors (Lipinski definition) is 3. The highest BCUT2D eigenvalue weighted by molar-refractivity contribution is 5.00. The average molecular weight is 236 g/mol. The van der Waals surface area contributed by atoms with Crippen LogP contribution in [-0.2, 0) is 6.54 Å². The van der Waals surface area contributed by atoms with Gasteiger partial charge in [0.1, 0.15) is 0 Å². The molecule has 0 saturated carbocycles. The van der Waals surface area contributed by atoms with Crippen molar-refractivity contribution in [3.63, 3.8) is 0 Å². The van der Waals surface area contributed by atoms with Gasteiger partial charge in [0.2, 0.25) is 0 Å². The third-order valence-electron chi connectivity index (χ3n) is 3.67. The molecule has 1 unspecified atom stereocenters. The van der Waals surface area contributed by atoms with E-state index in [0.29, 0.717) is 12.1 Å². The number of nitrogens with two attached hydrogens (primary N) is 1. The van der Waals surface area contributed by atoms with Gasteiger partial charge in [-0.3, -0.25) is 9.58 Å². The maximum Gasteiger partial charge on any atom is 0.0764 e. The molecule has 96 valence electrons. The highest BCUT2D eigenvalue weighted by atomic mass is 15.3. The molecular formula is C13H24N4. The summed E-state index contributed by atoms with van der Waals surface area (Å²) in [5.74, 6) is 0. The Kier molecular flexibility index (Phi) is 4.18. The topological polar surface area (TPSA) is 47.1 Å². The van der Waals surface area contributed by atoms with Crippen LogP contribution in [0.15, 0.2) is 12.3 Å². The van der Waals surface area contributed by atoms with E-state index >= 15 is 0 Å². The van der Waals surface area contributed by atoms with Crippen LogP contribution in [0.25, 0.3) is 0 Å². The zero-order chi connectivity index (χ0) is 12.3. The van der Waals surface area contributed by atoms with Crippen molar-refractivity contribution in [1.82, 2.24) is 14.7 Å². The van der Waals surface area contributed by atoms with Gasteiger partial charge in [-0.05, 0) is 25.3 Å². The maximum absolute atomic E-state index is 5.91. The summed E-state index contributed by atoms with van der Waals surface area (Å²) in [7, 11) is 0. The Labute approximate surface area is 104 Å². The minimum absolute atomic E-state index is 0.358. The normalized spacial score (nSPS) is 21.5. The van der Waals surface area contributed by atoms with Gasteiger partial charge in [-0.1, -0.05) is 13.8 Å². The first-order valence-corrected chi connectivity index (χ1v) is 6.74. The number of hydrogen-bond donors (Lipinski definition) is 1. The van der Waals surface area contributed by atoms with E-state index in [-0.39, 0.29) is 0 Å². The first-order valence-electron chi connectivity index (χ1n) is 6.74. The number of rotatable bonds is 5.